The van der Waals surface area contributed by atoms with E-state index in [1.54, 1.807) is 0 Å². The lowest BCUT2D eigenvalue weighted by atomic mass is 9.87. The largest absolute Gasteiger partial charge is 0.450 e. The van der Waals surface area contributed by atoms with Gasteiger partial charge in [0.25, 0.3) is 0 Å². The molecule has 0 aromatic heterocycles. The molecule has 0 spiro atoms. The molecular weight excluding hydrogens is 318 g/mol. The van der Waals surface area contributed by atoms with E-state index in [9.17, 15) is 9.59 Å². The zero-order chi connectivity index (χ0) is 17.6. The fourth-order valence-electron chi connectivity index (χ4n) is 4.96. The molecule has 2 amide bonds. The minimum atomic E-state index is -0.156. The first-order valence-corrected chi connectivity index (χ1v) is 10.1. The van der Waals surface area contributed by atoms with Gasteiger partial charge in [0.15, 0.2) is 0 Å². The normalized spacial score (nSPS) is 29.5. The Morgan fingerprint density at radius 3 is 2.48 bits per heavy atom. The number of amides is 2. The van der Waals surface area contributed by atoms with Crippen LogP contribution in [-0.4, -0.2) is 78.6 Å². The highest BCUT2D eigenvalue weighted by Gasteiger charge is 2.35. The number of likely N-dealkylation sites (tertiary alicyclic amines) is 3. The van der Waals surface area contributed by atoms with Crippen molar-refractivity contribution < 1.29 is 14.3 Å². The van der Waals surface area contributed by atoms with Crippen LogP contribution in [0.25, 0.3) is 0 Å². The van der Waals surface area contributed by atoms with Gasteiger partial charge in [0.05, 0.1) is 6.61 Å². The molecule has 142 valence electrons. The summed E-state index contributed by atoms with van der Waals surface area (Å²) < 4.78 is 5.15. The zero-order valence-electron chi connectivity index (χ0n) is 15.6. The molecule has 3 rings (SSSR count). The van der Waals surface area contributed by atoms with Gasteiger partial charge in [-0.2, -0.15) is 0 Å². The highest BCUT2D eigenvalue weighted by molar-refractivity contribution is 5.67. The van der Waals surface area contributed by atoms with E-state index in [4.69, 9.17) is 4.74 Å². The molecule has 3 aliphatic heterocycles. The Bertz CT molecular complexity index is 451. The summed E-state index contributed by atoms with van der Waals surface area (Å²) in [5.74, 6) is 0.672. The highest BCUT2D eigenvalue weighted by atomic mass is 16.6. The molecule has 0 N–H and O–H groups in total. The number of carbonyl (C=O) groups is 2. The van der Waals surface area contributed by atoms with Gasteiger partial charge in [-0.25, -0.2) is 4.79 Å². The van der Waals surface area contributed by atoms with Crippen LogP contribution in [0.2, 0.25) is 0 Å². The molecule has 3 heterocycles. The van der Waals surface area contributed by atoms with Crippen molar-refractivity contribution in [1.82, 2.24) is 14.7 Å². The van der Waals surface area contributed by atoms with Gasteiger partial charge in [0.1, 0.15) is 0 Å². The predicted octanol–water partition coefficient (Wildman–Crippen LogP) is 2.33. The van der Waals surface area contributed by atoms with Crippen molar-refractivity contribution in [2.45, 2.75) is 64.0 Å². The van der Waals surface area contributed by atoms with Crippen molar-refractivity contribution in [3.05, 3.63) is 0 Å². The molecule has 0 radical (unpaired) electrons. The fraction of sp³-hybridized carbons (Fsp3) is 0.895. The van der Waals surface area contributed by atoms with Crippen molar-refractivity contribution in [3.63, 3.8) is 0 Å². The Morgan fingerprint density at radius 2 is 1.76 bits per heavy atom. The van der Waals surface area contributed by atoms with Gasteiger partial charge in [0.2, 0.25) is 6.41 Å². The molecule has 2 atom stereocenters. The van der Waals surface area contributed by atoms with Crippen LogP contribution in [0.5, 0.6) is 0 Å². The van der Waals surface area contributed by atoms with E-state index in [0.29, 0.717) is 24.6 Å². The van der Waals surface area contributed by atoms with Gasteiger partial charge in [-0.1, -0.05) is 0 Å². The third-order valence-corrected chi connectivity index (χ3v) is 6.34. The topological polar surface area (TPSA) is 53.1 Å². The van der Waals surface area contributed by atoms with Gasteiger partial charge < -0.3 is 19.4 Å². The van der Waals surface area contributed by atoms with Crippen molar-refractivity contribution in [2.24, 2.45) is 5.92 Å². The average molecular weight is 351 g/mol. The van der Waals surface area contributed by atoms with E-state index in [1.807, 2.05) is 16.7 Å². The Kier molecular flexibility index (Phi) is 6.57. The van der Waals surface area contributed by atoms with Crippen LogP contribution in [0.1, 0.15) is 51.9 Å². The number of hydrogen-bond acceptors (Lipinski definition) is 4. The molecule has 3 saturated heterocycles. The number of hydrogen-bond donors (Lipinski definition) is 0. The monoisotopic (exact) mass is 351 g/mol. The molecule has 25 heavy (non-hydrogen) atoms. The van der Waals surface area contributed by atoms with E-state index in [1.165, 1.54) is 25.7 Å². The molecular formula is C19H33N3O3. The highest BCUT2D eigenvalue weighted by Crippen LogP contribution is 2.32. The number of ether oxygens (including phenoxy) is 1. The molecule has 0 aliphatic carbocycles. The quantitative estimate of drug-likeness (QED) is 0.730. The molecule has 2 unspecified atom stereocenters. The first-order valence-electron chi connectivity index (χ1n) is 10.1. The number of rotatable bonds is 4. The van der Waals surface area contributed by atoms with Crippen LogP contribution in [0.4, 0.5) is 4.79 Å². The van der Waals surface area contributed by atoms with E-state index in [-0.39, 0.29) is 6.09 Å². The van der Waals surface area contributed by atoms with Crippen LogP contribution in [-0.2, 0) is 9.53 Å². The molecule has 3 fully saturated rings. The van der Waals surface area contributed by atoms with E-state index in [2.05, 4.69) is 4.90 Å². The van der Waals surface area contributed by atoms with Crippen molar-refractivity contribution >= 4 is 12.5 Å². The summed E-state index contributed by atoms with van der Waals surface area (Å²) in [7, 11) is 0. The predicted molar refractivity (Wildman–Crippen MR) is 96.3 cm³/mol. The van der Waals surface area contributed by atoms with Gasteiger partial charge in [-0.15, -0.1) is 0 Å². The van der Waals surface area contributed by atoms with Crippen molar-refractivity contribution in [3.8, 4) is 0 Å². The Labute approximate surface area is 151 Å². The average Bonchev–Trinajstić information content (AvgIpc) is 2.98. The van der Waals surface area contributed by atoms with E-state index < -0.39 is 0 Å². The third-order valence-electron chi connectivity index (χ3n) is 6.34. The maximum atomic E-state index is 11.9. The summed E-state index contributed by atoms with van der Waals surface area (Å²) in [6.07, 6.45) is 8.93. The lowest BCUT2D eigenvalue weighted by Crippen LogP contribution is -2.46. The molecule has 3 aliphatic rings. The summed E-state index contributed by atoms with van der Waals surface area (Å²) in [6.45, 7) is 7.16. The van der Waals surface area contributed by atoms with E-state index in [0.717, 1.165) is 58.4 Å². The lowest BCUT2D eigenvalue weighted by Gasteiger charge is -2.40. The van der Waals surface area contributed by atoms with Crippen LogP contribution >= 0.6 is 0 Å². The van der Waals surface area contributed by atoms with E-state index >= 15 is 0 Å². The summed E-state index contributed by atoms with van der Waals surface area (Å²) in [5, 5.41) is 0. The van der Waals surface area contributed by atoms with Crippen molar-refractivity contribution in [1.29, 1.82) is 0 Å². The lowest BCUT2D eigenvalue weighted by molar-refractivity contribution is -0.120. The fourth-order valence-corrected chi connectivity index (χ4v) is 4.96. The van der Waals surface area contributed by atoms with Gasteiger partial charge in [-0.3, -0.25) is 4.79 Å². The number of piperidine rings is 1. The first-order chi connectivity index (χ1) is 12.2. The van der Waals surface area contributed by atoms with Crippen LogP contribution in [0.15, 0.2) is 0 Å². The van der Waals surface area contributed by atoms with Crippen LogP contribution < -0.4 is 0 Å². The van der Waals surface area contributed by atoms with Crippen LogP contribution in [0.3, 0.4) is 0 Å². The number of carbonyl (C=O) groups excluding carboxylic acids is 2. The SMILES string of the molecule is CCOC(=O)N1CCCC(N2CCC(C3CCCN3C=O)CC2)CC1. The van der Waals surface area contributed by atoms with Crippen molar-refractivity contribution in [2.75, 3.05) is 39.3 Å². The minimum Gasteiger partial charge on any atom is -0.450 e. The smallest absolute Gasteiger partial charge is 0.409 e. The maximum Gasteiger partial charge on any atom is 0.409 e. The van der Waals surface area contributed by atoms with Gasteiger partial charge in [0, 0.05) is 31.7 Å². The molecule has 0 bridgehead atoms. The molecule has 0 aromatic rings. The van der Waals surface area contributed by atoms with Gasteiger partial charge >= 0.3 is 6.09 Å². The molecule has 6 nitrogen and oxygen atoms in total. The second-order valence-electron chi connectivity index (χ2n) is 7.70. The minimum absolute atomic E-state index is 0.156. The second kappa shape index (κ2) is 8.88. The number of nitrogens with zero attached hydrogens (tertiary/aromatic N) is 3. The summed E-state index contributed by atoms with van der Waals surface area (Å²) >= 11 is 0. The second-order valence-corrected chi connectivity index (χ2v) is 7.70. The maximum absolute atomic E-state index is 11.9. The molecule has 0 saturated carbocycles. The zero-order valence-corrected chi connectivity index (χ0v) is 15.6. The Hall–Kier alpha value is -1.30. The summed E-state index contributed by atoms with van der Waals surface area (Å²) in [6, 6.07) is 1.07. The Morgan fingerprint density at radius 1 is 1.00 bits per heavy atom. The Balaban J connectivity index is 1.46. The van der Waals surface area contributed by atoms with Crippen LogP contribution in [0, 0.1) is 5.92 Å². The molecule has 6 heteroatoms. The van der Waals surface area contributed by atoms with Gasteiger partial charge in [-0.05, 0) is 70.9 Å². The summed E-state index contributed by atoms with van der Waals surface area (Å²) in [4.78, 5) is 29.7. The third kappa shape index (κ3) is 4.46. The summed E-state index contributed by atoms with van der Waals surface area (Å²) in [5.41, 5.74) is 0. The standard InChI is InChI=1S/C19H33N3O3/c1-2-25-19(24)21-10-3-5-17(9-14-21)20-12-7-16(8-13-20)18-6-4-11-22(18)15-23/h15-18H,2-14H2,1H3. The molecule has 0 aromatic carbocycles. The first kappa shape index (κ1) is 18.5.